The molecule has 2 heteroatoms. The molecule has 0 amide bonds. The van der Waals surface area contributed by atoms with E-state index in [4.69, 9.17) is 0 Å². The predicted molar refractivity (Wildman–Crippen MR) is 67.2 cm³/mol. The SMILES string of the molecule is CNC1CCCCC1N(C)CC(C)(C)C. The summed E-state index contributed by atoms with van der Waals surface area (Å²) in [5.74, 6) is 0. The van der Waals surface area contributed by atoms with E-state index in [1.54, 1.807) is 0 Å². The van der Waals surface area contributed by atoms with Gasteiger partial charge in [-0.1, -0.05) is 33.6 Å². The molecule has 90 valence electrons. The van der Waals surface area contributed by atoms with Gasteiger partial charge in [-0.15, -0.1) is 0 Å². The highest BCUT2D eigenvalue weighted by atomic mass is 15.2. The van der Waals surface area contributed by atoms with Crippen molar-refractivity contribution in [3.63, 3.8) is 0 Å². The van der Waals surface area contributed by atoms with Gasteiger partial charge in [0.2, 0.25) is 0 Å². The summed E-state index contributed by atoms with van der Waals surface area (Å²) in [5.41, 5.74) is 0.407. The molecule has 0 radical (unpaired) electrons. The van der Waals surface area contributed by atoms with Crippen LogP contribution >= 0.6 is 0 Å². The Kier molecular flexibility index (Phi) is 4.60. The van der Waals surface area contributed by atoms with Crippen LogP contribution in [0.1, 0.15) is 46.5 Å². The van der Waals surface area contributed by atoms with Crippen molar-refractivity contribution in [3.05, 3.63) is 0 Å². The van der Waals surface area contributed by atoms with E-state index in [-0.39, 0.29) is 0 Å². The molecule has 0 aromatic heterocycles. The molecule has 0 aliphatic heterocycles. The van der Waals surface area contributed by atoms with E-state index < -0.39 is 0 Å². The predicted octanol–water partition coefficient (Wildman–Crippen LogP) is 2.49. The first-order valence-corrected chi connectivity index (χ1v) is 6.31. The molecule has 0 heterocycles. The Balaban J connectivity index is 2.52. The van der Waals surface area contributed by atoms with Crippen molar-refractivity contribution in [2.75, 3.05) is 20.6 Å². The monoisotopic (exact) mass is 212 g/mol. The molecule has 1 N–H and O–H groups in total. The van der Waals surface area contributed by atoms with Crippen molar-refractivity contribution < 1.29 is 0 Å². The molecular formula is C13H28N2. The minimum Gasteiger partial charge on any atom is -0.315 e. The summed E-state index contributed by atoms with van der Waals surface area (Å²) in [6.45, 7) is 8.15. The fourth-order valence-electron chi connectivity index (χ4n) is 2.84. The van der Waals surface area contributed by atoms with E-state index in [1.165, 1.54) is 32.2 Å². The standard InChI is InChI=1S/C13H28N2/c1-13(2,3)10-15(5)12-9-7-6-8-11(12)14-4/h11-12,14H,6-10H2,1-5H3. The Morgan fingerprint density at radius 1 is 1.20 bits per heavy atom. The van der Waals surface area contributed by atoms with Crippen molar-refractivity contribution in [1.82, 2.24) is 10.2 Å². The largest absolute Gasteiger partial charge is 0.315 e. The summed E-state index contributed by atoms with van der Waals surface area (Å²) in [4.78, 5) is 2.56. The third-order valence-electron chi connectivity index (χ3n) is 3.39. The lowest BCUT2D eigenvalue weighted by atomic mass is 9.87. The normalized spacial score (nSPS) is 28.4. The van der Waals surface area contributed by atoms with Crippen LogP contribution in [0.2, 0.25) is 0 Å². The molecule has 1 saturated carbocycles. The average molecular weight is 212 g/mol. The topological polar surface area (TPSA) is 15.3 Å². The van der Waals surface area contributed by atoms with Gasteiger partial charge in [0.25, 0.3) is 0 Å². The van der Waals surface area contributed by atoms with Gasteiger partial charge in [-0.05, 0) is 32.4 Å². The van der Waals surface area contributed by atoms with Crippen molar-refractivity contribution in [2.24, 2.45) is 5.41 Å². The molecule has 1 aliphatic carbocycles. The van der Waals surface area contributed by atoms with Crippen LogP contribution in [0, 0.1) is 5.41 Å². The van der Waals surface area contributed by atoms with E-state index >= 15 is 0 Å². The van der Waals surface area contributed by atoms with E-state index in [9.17, 15) is 0 Å². The Morgan fingerprint density at radius 3 is 2.33 bits per heavy atom. The highest BCUT2D eigenvalue weighted by Gasteiger charge is 2.28. The number of likely N-dealkylation sites (N-methyl/N-ethyl adjacent to an activating group) is 2. The Hall–Kier alpha value is -0.0800. The van der Waals surface area contributed by atoms with E-state index in [1.807, 2.05) is 0 Å². The Labute approximate surface area is 95.4 Å². The van der Waals surface area contributed by atoms with Gasteiger partial charge in [-0.3, -0.25) is 0 Å². The van der Waals surface area contributed by atoms with E-state index in [0.29, 0.717) is 11.5 Å². The van der Waals surface area contributed by atoms with Crippen molar-refractivity contribution in [1.29, 1.82) is 0 Å². The highest BCUT2D eigenvalue weighted by Crippen LogP contribution is 2.25. The molecular weight excluding hydrogens is 184 g/mol. The number of hydrogen-bond acceptors (Lipinski definition) is 2. The summed E-state index contributed by atoms with van der Waals surface area (Å²) in [6.07, 6.45) is 5.50. The second-order valence-corrected chi connectivity index (χ2v) is 6.22. The molecule has 1 aliphatic rings. The Morgan fingerprint density at radius 2 is 1.80 bits per heavy atom. The van der Waals surface area contributed by atoms with Gasteiger partial charge < -0.3 is 10.2 Å². The third kappa shape index (κ3) is 4.12. The highest BCUT2D eigenvalue weighted by molar-refractivity contribution is 4.87. The second kappa shape index (κ2) is 5.31. The van der Waals surface area contributed by atoms with Crippen molar-refractivity contribution in [2.45, 2.75) is 58.5 Å². The van der Waals surface area contributed by atoms with E-state index in [2.05, 4.69) is 45.1 Å². The molecule has 15 heavy (non-hydrogen) atoms. The zero-order valence-electron chi connectivity index (χ0n) is 11.1. The summed E-state index contributed by atoms with van der Waals surface area (Å²) in [7, 11) is 4.39. The molecule has 1 fully saturated rings. The molecule has 1 rings (SSSR count). The van der Waals surface area contributed by atoms with Gasteiger partial charge in [-0.2, -0.15) is 0 Å². The number of hydrogen-bond donors (Lipinski definition) is 1. The number of nitrogens with zero attached hydrogens (tertiary/aromatic N) is 1. The lowest BCUT2D eigenvalue weighted by Crippen LogP contribution is -2.51. The van der Waals surface area contributed by atoms with Gasteiger partial charge in [0.05, 0.1) is 0 Å². The number of rotatable bonds is 3. The first-order valence-electron chi connectivity index (χ1n) is 6.31. The van der Waals surface area contributed by atoms with Crippen LogP contribution in [0.5, 0.6) is 0 Å². The van der Waals surface area contributed by atoms with Gasteiger partial charge in [0.15, 0.2) is 0 Å². The minimum atomic E-state index is 0.407. The average Bonchev–Trinajstić information content (AvgIpc) is 2.15. The molecule has 2 unspecified atom stereocenters. The molecule has 0 aromatic carbocycles. The molecule has 0 aromatic rings. The molecule has 2 atom stereocenters. The fourth-order valence-corrected chi connectivity index (χ4v) is 2.84. The first-order chi connectivity index (χ1) is 6.94. The molecule has 2 nitrogen and oxygen atoms in total. The lowest BCUT2D eigenvalue weighted by Gasteiger charge is -2.40. The smallest absolute Gasteiger partial charge is 0.0246 e. The van der Waals surface area contributed by atoms with Gasteiger partial charge in [-0.25, -0.2) is 0 Å². The fraction of sp³-hybridized carbons (Fsp3) is 1.00. The number of nitrogens with one attached hydrogen (secondary N) is 1. The molecule has 0 bridgehead atoms. The molecule has 0 saturated heterocycles. The van der Waals surface area contributed by atoms with Gasteiger partial charge in [0.1, 0.15) is 0 Å². The van der Waals surface area contributed by atoms with Crippen LogP contribution in [0.25, 0.3) is 0 Å². The van der Waals surface area contributed by atoms with Crippen LogP contribution in [0.15, 0.2) is 0 Å². The van der Waals surface area contributed by atoms with Crippen molar-refractivity contribution >= 4 is 0 Å². The van der Waals surface area contributed by atoms with Crippen LogP contribution in [-0.4, -0.2) is 37.6 Å². The van der Waals surface area contributed by atoms with Gasteiger partial charge >= 0.3 is 0 Å². The first kappa shape index (κ1) is 13.0. The summed E-state index contributed by atoms with van der Waals surface area (Å²) in [6, 6.07) is 1.44. The summed E-state index contributed by atoms with van der Waals surface area (Å²) >= 11 is 0. The summed E-state index contributed by atoms with van der Waals surface area (Å²) < 4.78 is 0. The maximum absolute atomic E-state index is 3.48. The van der Waals surface area contributed by atoms with Crippen LogP contribution in [0.4, 0.5) is 0 Å². The maximum atomic E-state index is 3.48. The quantitative estimate of drug-likeness (QED) is 0.773. The van der Waals surface area contributed by atoms with Crippen LogP contribution < -0.4 is 5.32 Å². The lowest BCUT2D eigenvalue weighted by molar-refractivity contribution is 0.115. The second-order valence-electron chi connectivity index (χ2n) is 6.22. The van der Waals surface area contributed by atoms with Crippen LogP contribution in [0.3, 0.4) is 0 Å². The minimum absolute atomic E-state index is 0.407. The third-order valence-corrected chi connectivity index (χ3v) is 3.39. The summed E-state index contributed by atoms with van der Waals surface area (Å²) in [5, 5.41) is 3.48. The zero-order chi connectivity index (χ0) is 11.5. The molecule has 0 spiro atoms. The van der Waals surface area contributed by atoms with Gasteiger partial charge in [0, 0.05) is 18.6 Å². The Bertz CT molecular complexity index is 183. The zero-order valence-corrected chi connectivity index (χ0v) is 11.1. The van der Waals surface area contributed by atoms with E-state index in [0.717, 1.165) is 6.04 Å². The van der Waals surface area contributed by atoms with Crippen molar-refractivity contribution in [3.8, 4) is 0 Å². The maximum Gasteiger partial charge on any atom is 0.0246 e. The van der Waals surface area contributed by atoms with Crippen LogP contribution in [-0.2, 0) is 0 Å².